The molecule has 15 nitrogen and oxygen atoms in total. The zero-order valence-corrected chi connectivity index (χ0v) is 28.0. The van der Waals surface area contributed by atoms with Crippen molar-refractivity contribution in [2.75, 3.05) is 20.3 Å². The fourth-order valence-corrected chi connectivity index (χ4v) is 11.7. The Bertz CT molecular complexity index is 1640. The van der Waals surface area contributed by atoms with Gasteiger partial charge >= 0.3 is 23.9 Å². The molecule has 3 saturated carbocycles. The number of esters is 4. The summed E-state index contributed by atoms with van der Waals surface area (Å²) in [6.45, 7) is 6.86. The van der Waals surface area contributed by atoms with Crippen molar-refractivity contribution in [3.8, 4) is 0 Å². The van der Waals surface area contributed by atoms with Gasteiger partial charge in [0.25, 0.3) is 0 Å². The van der Waals surface area contributed by atoms with Crippen LogP contribution in [0, 0.1) is 34.0 Å². The van der Waals surface area contributed by atoms with Crippen LogP contribution in [0.25, 0.3) is 0 Å². The largest absolute Gasteiger partial charge is 0.469 e. The summed E-state index contributed by atoms with van der Waals surface area (Å²) < 4.78 is 47.9. The lowest BCUT2D eigenvalue weighted by Crippen LogP contribution is -2.80. The molecule has 2 N–H and O–H groups in total. The highest BCUT2D eigenvalue weighted by Gasteiger charge is 2.95. The Balaban J connectivity index is 1.37. The number of Topliss-reactive ketones (excluding diaryl/α,β-unsaturated/α-hetero) is 1. The number of rotatable bonds is 5. The summed E-state index contributed by atoms with van der Waals surface area (Å²) in [7, 11) is 1.16. The first kappa shape index (κ1) is 32.8. The summed E-state index contributed by atoms with van der Waals surface area (Å²) in [6.07, 6.45) is -2.99. The average molecular weight is 689 g/mol. The number of allylic oxidation sites excluding steroid dienone is 1. The molecule has 8 rings (SSSR count). The number of aliphatic hydroxyl groups excluding tert-OH is 1. The van der Waals surface area contributed by atoms with E-state index in [9.17, 15) is 34.2 Å². The number of aliphatic hydroxyl groups is 2. The number of ether oxygens (including phenoxy) is 8. The van der Waals surface area contributed by atoms with E-state index in [4.69, 9.17) is 37.9 Å². The summed E-state index contributed by atoms with van der Waals surface area (Å²) in [5, 5.41) is 24.5. The Morgan fingerprint density at radius 3 is 2.47 bits per heavy atom. The van der Waals surface area contributed by atoms with Crippen LogP contribution in [0.3, 0.4) is 0 Å². The third-order valence-corrected chi connectivity index (χ3v) is 13.6. The minimum Gasteiger partial charge on any atom is -0.469 e. The van der Waals surface area contributed by atoms with Crippen molar-refractivity contribution in [3.05, 3.63) is 24.0 Å². The quantitative estimate of drug-likeness (QED) is 0.129. The molecule has 1 spiro atoms. The van der Waals surface area contributed by atoms with Crippen LogP contribution in [0.2, 0.25) is 0 Å². The fraction of sp³-hybridized carbons (Fsp3) is 0.735. The Hall–Kier alpha value is -3.37. The molecule has 49 heavy (non-hydrogen) atoms. The molecule has 0 amide bonds. The molecule has 3 aliphatic carbocycles. The van der Waals surface area contributed by atoms with Crippen molar-refractivity contribution < 1.29 is 72.1 Å². The van der Waals surface area contributed by atoms with E-state index in [-0.39, 0.29) is 25.0 Å². The van der Waals surface area contributed by atoms with Crippen molar-refractivity contribution in [2.24, 2.45) is 34.0 Å². The molecular formula is C34H40O15. The van der Waals surface area contributed by atoms with E-state index in [0.717, 1.165) is 7.11 Å². The van der Waals surface area contributed by atoms with Gasteiger partial charge in [0, 0.05) is 36.2 Å². The number of epoxide rings is 1. The van der Waals surface area contributed by atoms with Crippen LogP contribution in [0.1, 0.15) is 47.5 Å². The highest BCUT2D eigenvalue weighted by Crippen LogP contribution is 2.81. The summed E-state index contributed by atoms with van der Waals surface area (Å²) in [5.41, 5.74) is -9.31. The van der Waals surface area contributed by atoms with Crippen LogP contribution < -0.4 is 0 Å². The number of carbonyl (C=O) groups is 5. The zero-order chi connectivity index (χ0) is 35.3. The molecule has 0 radical (unpaired) electrons. The second-order valence-electron chi connectivity index (χ2n) is 15.2. The van der Waals surface area contributed by atoms with Crippen LogP contribution in [-0.4, -0.2) is 114 Å². The first-order chi connectivity index (χ1) is 23.1. The molecular weight excluding hydrogens is 648 g/mol. The number of cyclic esters (lactones) is 1. The maximum atomic E-state index is 14.6. The molecule has 15 atom stereocenters. The molecule has 2 bridgehead atoms. The van der Waals surface area contributed by atoms with Gasteiger partial charge in [-0.25, -0.2) is 9.59 Å². The molecule has 15 heteroatoms. The van der Waals surface area contributed by atoms with E-state index in [2.05, 4.69) is 0 Å². The van der Waals surface area contributed by atoms with Gasteiger partial charge in [0.15, 0.2) is 5.60 Å². The van der Waals surface area contributed by atoms with Gasteiger partial charge < -0.3 is 48.1 Å². The predicted octanol–water partition coefficient (Wildman–Crippen LogP) is 0.0310. The number of ketones is 1. The van der Waals surface area contributed by atoms with Gasteiger partial charge in [0.05, 0.1) is 49.6 Å². The second kappa shape index (κ2) is 9.90. The zero-order valence-electron chi connectivity index (χ0n) is 28.0. The van der Waals surface area contributed by atoms with Gasteiger partial charge in [0.1, 0.15) is 35.4 Å². The van der Waals surface area contributed by atoms with E-state index in [0.29, 0.717) is 0 Å². The minimum atomic E-state index is -1.80. The molecule has 5 aliphatic heterocycles. The number of fused-ring (bicyclic) bond motifs is 7. The molecule has 7 fully saturated rings. The third-order valence-electron chi connectivity index (χ3n) is 13.6. The molecule has 2 unspecified atom stereocenters. The lowest BCUT2D eigenvalue weighted by Gasteiger charge is -2.67. The predicted molar refractivity (Wildman–Crippen MR) is 157 cm³/mol. The fourth-order valence-electron chi connectivity index (χ4n) is 11.7. The lowest BCUT2D eigenvalue weighted by atomic mass is 9.37. The van der Waals surface area contributed by atoms with Crippen molar-refractivity contribution in [3.63, 3.8) is 0 Å². The molecule has 266 valence electrons. The van der Waals surface area contributed by atoms with E-state index in [1.54, 1.807) is 33.8 Å². The third kappa shape index (κ3) is 3.44. The minimum absolute atomic E-state index is 0.237. The first-order valence-corrected chi connectivity index (χ1v) is 16.6. The highest BCUT2D eigenvalue weighted by atomic mass is 16.7. The Morgan fingerprint density at radius 1 is 1.06 bits per heavy atom. The van der Waals surface area contributed by atoms with Crippen molar-refractivity contribution in [1.82, 2.24) is 0 Å². The second-order valence-corrected chi connectivity index (χ2v) is 15.2. The van der Waals surface area contributed by atoms with Crippen LogP contribution >= 0.6 is 0 Å². The van der Waals surface area contributed by atoms with Gasteiger partial charge in [-0.3, -0.25) is 14.4 Å². The molecule has 0 aromatic carbocycles. The summed E-state index contributed by atoms with van der Waals surface area (Å²) in [5.74, 6) is -7.84. The van der Waals surface area contributed by atoms with E-state index in [1.807, 2.05) is 0 Å². The maximum absolute atomic E-state index is 14.6. The normalized spacial score (nSPS) is 52.9. The van der Waals surface area contributed by atoms with Crippen molar-refractivity contribution >= 4 is 29.7 Å². The smallest absolute Gasteiger partial charge is 0.374 e. The Kier molecular flexibility index (Phi) is 6.63. The van der Waals surface area contributed by atoms with Gasteiger partial charge in [-0.15, -0.1) is 0 Å². The van der Waals surface area contributed by atoms with Crippen LogP contribution in [0.5, 0.6) is 0 Å². The van der Waals surface area contributed by atoms with Gasteiger partial charge in [-0.05, 0) is 33.3 Å². The number of hydrogen-bond donors (Lipinski definition) is 2. The molecule has 8 aliphatic rings. The monoisotopic (exact) mass is 688 g/mol. The van der Waals surface area contributed by atoms with E-state index >= 15 is 0 Å². The maximum Gasteiger partial charge on any atom is 0.374 e. The standard InChI is InChI=1S/C34H40O15/c1-7-14(2)25(38)47-17-11-18(46-15(3)35)32(27(40)42-6)13-44-21-23(32)31(17)12-45-26(39)20(36)22(31)29(4,24(21)37)34-19-10-16(30(34,5)49-34)33(41)8-9-43-28(33)48-19/h7-9,16-19,21-24,28,37,41H,10-13H2,1-6H3/b14-7+/t16-,17+,18-,19+,21?,22+,23?,24-,28-,29+,30+,31-,32+,33+,34+/m1/s1. The number of methoxy groups -OCH3 is 1. The molecule has 0 aromatic rings. The molecule has 4 saturated heterocycles. The van der Waals surface area contributed by atoms with Crippen LogP contribution in [-0.2, 0) is 61.9 Å². The lowest BCUT2D eigenvalue weighted by molar-refractivity contribution is -0.306. The van der Waals surface area contributed by atoms with Crippen molar-refractivity contribution in [1.29, 1.82) is 0 Å². The van der Waals surface area contributed by atoms with Crippen LogP contribution in [0.15, 0.2) is 24.0 Å². The molecule has 5 heterocycles. The van der Waals surface area contributed by atoms with Crippen LogP contribution in [0.4, 0.5) is 0 Å². The Morgan fingerprint density at radius 2 is 1.80 bits per heavy atom. The van der Waals surface area contributed by atoms with Gasteiger partial charge in [-0.2, -0.15) is 0 Å². The van der Waals surface area contributed by atoms with Gasteiger partial charge in [0.2, 0.25) is 12.1 Å². The Labute approximate surface area is 281 Å². The highest BCUT2D eigenvalue weighted by molar-refractivity contribution is 6.35. The SMILES string of the molecule is C/C=C(\C)C(=O)O[C@H]1C[C@@H](OC(C)=O)[C@@]2(C(=O)OC)COC3C2[C@]12COC(=O)C(=O)[C@H]2[C@](C)([C@]12O[C@@]1(C)[C@H]1C[C@@H]2O[C@H]2OC=C[C@@]21O)[C@@H]3O. The first-order valence-electron chi connectivity index (χ1n) is 16.6. The number of hydrogen-bond acceptors (Lipinski definition) is 15. The van der Waals surface area contributed by atoms with E-state index < -0.39 is 124 Å². The molecule has 0 aromatic heterocycles. The summed E-state index contributed by atoms with van der Waals surface area (Å²) in [4.78, 5) is 68.2. The summed E-state index contributed by atoms with van der Waals surface area (Å²) >= 11 is 0. The topological polar surface area (TPSA) is 203 Å². The van der Waals surface area contributed by atoms with E-state index in [1.165, 1.54) is 19.3 Å². The summed E-state index contributed by atoms with van der Waals surface area (Å²) in [6, 6.07) is 0. The van der Waals surface area contributed by atoms with Crippen molar-refractivity contribution in [2.45, 2.75) is 101 Å². The average Bonchev–Trinajstić information content (AvgIpc) is 3.32. The van der Waals surface area contributed by atoms with Gasteiger partial charge in [-0.1, -0.05) is 13.0 Å². The number of carbonyl (C=O) groups excluding carboxylic acids is 5.